The van der Waals surface area contributed by atoms with E-state index in [4.69, 9.17) is 4.65 Å². The van der Waals surface area contributed by atoms with Crippen molar-refractivity contribution in [2.75, 3.05) is 0 Å². The van der Waals surface area contributed by atoms with Gasteiger partial charge in [0.25, 0.3) is 0 Å². The van der Waals surface area contributed by atoms with Crippen LogP contribution in [0.15, 0.2) is 30.3 Å². The molecule has 0 radical (unpaired) electrons. The molecular formula is C19H23BOS. The molecule has 4 rings (SSSR count). The summed E-state index contributed by atoms with van der Waals surface area (Å²) in [4.78, 5) is 1.53. The number of fused-ring (bicyclic) bond motifs is 3. The summed E-state index contributed by atoms with van der Waals surface area (Å²) >= 11 is 1.96. The lowest BCUT2D eigenvalue weighted by atomic mass is 9.49. The Bertz CT molecular complexity index is 740. The van der Waals surface area contributed by atoms with Crippen molar-refractivity contribution in [1.82, 2.24) is 0 Å². The van der Waals surface area contributed by atoms with Gasteiger partial charge in [-0.2, -0.15) is 0 Å². The summed E-state index contributed by atoms with van der Waals surface area (Å²) in [5.74, 6) is 0.515. The summed E-state index contributed by atoms with van der Waals surface area (Å²) in [5, 5.41) is 1.41. The number of hydrogen-bond acceptors (Lipinski definition) is 2. The molecule has 0 bridgehead atoms. The highest BCUT2D eigenvalue weighted by Crippen LogP contribution is 2.50. The number of hydrogen-bond donors (Lipinski definition) is 0. The maximum Gasteiger partial charge on any atom is 0.301 e. The molecule has 0 N–H and O–H groups in total. The van der Waals surface area contributed by atoms with E-state index in [1.807, 2.05) is 11.3 Å². The molecule has 22 heavy (non-hydrogen) atoms. The van der Waals surface area contributed by atoms with E-state index in [9.17, 15) is 0 Å². The van der Waals surface area contributed by atoms with Crippen molar-refractivity contribution < 1.29 is 4.65 Å². The summed E-state index contributed by atoms with van der Waals surface area (Å²) in [6.45, 7) is 9.50. The largest absolute Gasteiger partial charge is 0.430 e. The topological polar surface area (TPSA) is 9.23 Å². The smallest absolute Gasteiger partial charge is 0.301 e. The van der Waals surface area contributed by atoms with E-state index in [0.29, 0.717) is 12.7 Å². The van der Waals surface area contributed by atoms with Crippen LogP contribution in [-0.2, 0) is 11.1 Å². The van der Waals surface area contributed by atoms with Crippen LogP contribution in [0.2, 0.25) is 12.1 Å². The lowest BCUT2D eigenvalue weighted by Gasteiger charge is -2.34. The van der Waals surface area contributed by atoms with Gasteiger partial charge in [-0.05, 0) is 54.8 Å². The molecule has 1 nitrogen and oxygen atoms in total. The molecule has 3 heteroatoms. The van der Waals surface area contributed by atoms with Crippen molar-refractivity contribution in [2.45, 2.75) is 51.9 Å². The Morgan fingerprint density at radius 2 is 1.95 bits per heavy atom. The van der Waals surface area contributed by atoms with Crippen molar-refractivity contribution in [1.29, 1.82) is 0 Å². The fourth-order valence-corrected chi connectivity index (χ4v) is 5.04. The van der Waals surface area contributed by atoms with Gasteiger partial charge < -0.3 is 4.65 Å². The van der Waals surface area contributed by atoms with Crippen molar-refractivity contribution >= 4 is 34.4 Å². The van der Waals surface area contributed by atoms with E-state index in [2.05, 4.69) is 64.1 Å². The molecule has 2 aromatic rings. The SMILES string of the molecule is CC1(C)CB(C2C=Cc3c(sc4ccccc34)C2)OC1(C)C. The predicted octanol–water partition coefficient (Wildman–Crippen LogP) is 5.67. The summed E-state index contributed by atoms with van der Waals surface area (Å²) in [7, 11) is 0. The molecule has 1 unspecified atom stereocenters. The van der Waals surface area contributed by atoms with Gasteiger partial charge in [-0.3, -0.25) is 0 Å². The third-order valence-corrected chi connectivity index (χ3v) is 7.12. The Morgan fingerprint density at radius 1 is 1.18 bits per heavy atom. The fourth-order valence-electron chi connectivity index (χ4n) is 3.77. The van der Waals surface area contributed by atoms with Crippen LogP contribution >= 0.6 is 11.3 Å². The summed E-state index contributed by atoms with van der Waals surface area (Å²) in [6, 6.07) is 8.75. The van der Waals surface area contributed by atoms with Gasteiger partial charge in [0, 0.05) is 9.58 Å². The predicted molar refractivity (Wildman–Crippen MR) is 97.8 cm³/mol. The Balaban J connectivity index is 1.64. The molecule has 1 fully saturated rings. The molecule has 1 aromatic carbocycles. The van der Waals surface area contributed by atoms with Crippen molar-refractivity contribution in [2.24, 2.45) is 5.41 Å². The molecule has 1 aliphatic heterocycles. The van der Waals surface area contributed by atoms with Crippen LogP contribution < -0.4 is 0 Å². The lowest BCUT2D eigenvalue weighted by molar-refractivity contribution is 0.0355. The van der Waals surface area contributed by atoms with Crippen LogP contribution in [0.3, 0.4) is 0 Å². The van der Waals surface area contributed by atoms with Gasteiger partial charge in [-0.15, -0.1) is 11.3 Å². The number of benzene rings is 1. The molecule has 2 aliphatic rings. The van der Waals surface area contributed by atoms with E-state index in [1.165, 1.54) is 20.5 Å². The average molecular weight is 310 g/mol. The molecule has 0 amide bonds. The van der Waals surface area contributed by atoms with Crippen LogP contribution in [-0.4, -0.2) is 12.5 Å². The minimum atomic E-state index is -0.0358. The third kappa shape index (κ3) is 2.10. The quantitative estimate of drug-likeness (QED) is 0.617. The Morgan fingerprint density at radius 3 is 2.68 bits per heavy atom. The maximum absolute atomic E-state index is 6.45. The van der Waals surface area contributed by atoms with E-state index >= 15 is 0 Å². The number of thiophene rings is 1. The number of rotatable bonds is 1. The second-order valence-electron chi connectivity index (χ2n) is 7.92. The van der Waals surface area contributed by atoms with Gasteiger partial charge in [0.1, 0.15) is 0 Å². The summed E-state index contributed by atoms with van der Waals surface area (Å²) in [5.41, 5.74) is 1.64. The first-order valence-electron chi connectivity index (χ1n) is 8.24. The van der Waals surface area contributed by atoms with Gasteiger partial charge >= 0.3 is 6.92 Å². The highest BCUT2D eigenvalue weighted by molar-refractivity contribution is 7.19. The van der Waals surface area contributed by atoms with Gasteiger partial charge in [0.05, 0.1) is 5.60 Å². The Labute approximate surface area is 137 Å². The molecule has 114 valence electrons. The van der Waals surface area contributed by atoms with Gasteiger partial charge in [0.15, 0.2) is 0 Å². The number of allylic oxidation sites excluding steroid dienone is 1. The van der Waals surface area contributed by atoms with E-state index in [0.717, 1.165) is 12.7 Å². The molecule has 1 atom stereocenters. The maximum atomic E-state index is 6.45. The average Bonchev–Trinajstić information content (AvgIpc) is 2.93. The zero-order valence-electron chi connectivity index (χ0n) is 13.8. The van der Waals surface area contributed by atoms with Crippen LogP contribution in [0, 0.1) is 5.41 Å². The normalized spacial score (nSPS) is 25.6. The first-order chi connectivity index (χ1) is 10.4. The molecule has 1 saturated heterocycles. The van der Waals surface area contributed by atoms with Crippen molar-refractivity contribution in [3.05, 3.63) is 40.8 Å². The molecule has 1 aromatic heterocycles. The standard InChI is InChI=1S/C19H23BOS/c1-18(2)12-20(21-19(18,3)4)13-9-10-15-14-7-5-6-8-16(14)22-17(15)11-13/h5-10,13H,11-12H2,1-4H3. The van der Waals surface area contributed by atoms with Crippen LogP contribution in [0.1, 0.15) is 38.1 Å². The first kappa shape index (κ1) is 14.5. The monoisotopic (exact) mass is 310 g/mol. The van der Waals surface area contributed by atoms with E-state index in [-0.39, 0.29) is 11.0 Å². The van der Waals surface area contributed by atoms with Crippen LogP contribution in [0.25, 0.3) is 16.2 Å². The Kier molecular flexibility index (Phi) is 3.12. The molecule has 0 saturated carbocycles. The van der Waals surface area contributed by atoms with Crippen LogP contribution in [0.5, 0.6) is 0 Å². The second-order valence-corrected chi connectivity index (χ2v) is 9.05. The fraction of sp³-hybridized carbons (Fsp3) is 0.474. The molecule has 1 aliphatic carbocycles. The van der Waals surface area contributed by atoms with E-state index < -0.39 is 0 Å². The minimum Gasteiger partial charge on any atom is -0.430 e. The minimum absolute atomic E-state index is 0.0358. The summed E-state index contributed by atoms with van der Waals surface area (Å²) in [6.07, 6.45) is 7.00. The first-order valence-corrected chi connectivity index (χ1v) is 9.05. The highest BCUT2D eigenvalue weighted by Gasteiger charge is 2.51. The highest BCUT2D eigenvalue weighted by atomic mass is 32.1. The summed E-state index contributed by atoms with van der Waals surface area (Å²) < 4.78 is 7.85. The zero-order valence-corrected chi connectivity index (χ0v) is 14.7. The van der Waals surface area contributed by atoms with Gasteiger partial charge in [-0.25, -0.2) is 0 Å². The zero-order chi connectivity index (χ0) is 15.5. The lowest BCUT2D eigenvalue weighted by Crippen LogP contribution is -2.34. The van der Waals surface area contributed by atoms with Crippen LogP contribution in [0.4, 0.5) is 0 Å². The second kappa shape index (κ2) is 4.72. The molecule has 2 heterocycles. The van der Waals surface area contributed by atoms with Crippen molar-refractivity contribution in [3.63, 3.8) is 0 Å². The molecular weight excluding hydrogens is 287 g/mol. The Hall–Kier alpha value is -1.06. The third-order valence-electron chi connectivity index (χ3n) is 5.91. The molecule has 0 spiro atoms. The van der Waals surface area contributed by atoms with Gasteiger partial charge in [0.2, 0.25) is 0 Å². The van der Waals surface area contributed by atoms with E-state index in [1.54, 1.807) is 0 Å². The van der Waals surface area contributed by atoms with Gasteiger partial charge in [-0.1, -0.05) is 44.2 Å². The van der Waals surface area contributed by atoms with Crippen molar-refractivity contribution in [3.8, 4) is 0 Å².